The highest BCUT2D eigenvalue weighted by molar-refractivity contribution is 6.30. The van der Waals surface area contributed by atoms with Gasteiger partial charge < -0.3 is 15.8 Å². The zero-order valence-corrected chi connectivity index (χ0v) is 12.0. The molecular weight excluding hydrogens is 293 g/mol. The summed E-state index contributed by atoms with van der Waals surface area (Å²) in [5, 5.41) is 3.08. The van der Waals surface area contributed by atoms with Gasteiger partial charge in [0.15, 0.2) is 0 Å². The summed E-state index contributed by atoms with van der Waals surface area (Å²) in [6.45, 7) is 0.635. The number of halogens is 2. The van der Waals surface area contributed by atoms with Crippen molar-refractivity contribution in [3.05, 3.63) is 41.2 Å². The molecule has 0 saturated heterocycles. The number of rotatable bonds is 5. The van der Waals surface area contributed by atoms with Gasteiger partial charge in [0.05, 0.1) is 17.3 Å². The zero-order chi connectivity index (χ0) is 14.8. The van der Waals surface area contributed by atoms with Crippen LogP contribution in [0.5, 0.6) is 5.88 Å². The molecule has 4 nitrogen and oxygen atoms in total. The van der Waals surface area contributed by atoms with Crippen molar-refractivity contribution >= 4 is 28.8 Å². The van der Waals surface area contributed by atoms with Gasteiger partial charge in [0.1, 0.15) is 11.6 Å². The van der Waals surface area contributed by atoms with Crippen LogP contribution in [0.25, 0.3) is 0 Å². The first-order valence-electron chi connectivity index (χ1n) is 6.73. The SMILES string of the molecule is Nc1ccc(Nc2ccc(Cl)c(F)c2)nc1OCC1CC1. The number of nitrogens with zero attached hydrogens (tertiary/aromatic N) is 1. The summed E-state index contributed by atoms with van der Waals surface area (Å²) in [4.78, 5) is 4.31. The largest absolute Gasteiger partial charge is 0.476 e. The molecule has 110 valence electrons. The molecule has 0 amide bonds. The van der Waals surface area contributed by atoms with Crippen molar-refractivity contribution < 1.29 is 9.13 Å². The normalized spacial score (nSPS) is 14.0. The standard InChI is InChI=1S/C15H15ClFN3O/c16-11-4-3-10(7-12(11)17)19-14-6-5-13(18)15(20-14)21-8-9-1-2-9/h3-7,9H,1-2,8,18H2,(H,19,20). The van der Waals surface area contributed by atoms with Crippen molar-refractivity contribution in [2.45, 2.75) is 12.8 Å². The lowest BCUT2D eigenvalue weighted by atomic mass is 10.3. The third kappa shape index (κ3) is 3.55. The first-order valence-corrected chi connectivity index (χ1v) is 7.11. The zero-order valence-electron chi connectivity index (χ0n) is 11.3. The number of nitrogen functional groups attached to an aromatic ring is 1. The molecule has 0 unspecified atom stereocenters. The van der Waals surface area contributed by atoms with Gasteiger partial charge >= 0.3 is 0 Å². The number of nitrogens with one attached hydrogen (secondary N) is 1. The first-order chi connectivity index (χ1) is 10.1. The third-order valence-corrected chi connectivity index (χ3v) is 3.54. The fourth-order valence-corrected chi connectivity index (χ4v) is 1.96. The lowest BCUT2D eigenvalue weighted by molar-refractivity contribution is 0.290. The number of nitrogens with two attached hydrogens (primary N) is 1. The maximum atomic E-state index is 13.4. The molecule has 1 heterocycles. The molecule has 3 rings (SSSR count). The second kappa shape index (κ2) is 5.77. The van der Waals surface area contributed by atoms with Crippen LogP contribution in [-0.2, 0) is 0 Å². The van der Waals surface area contributed by atoms with E-state index in [1.165, 1.54) is 25.0 Å². The number of ether oxygens (including phenoxy) is 1. The molecule has 0 radical (unpaired) electrons. The van der Waals surface area contributed by atoms with Gasteiger partial charge in [-0.2, -0.15) is 4.98 Å². The topological polar surface area (TPSA) is 60.2 Å². The molecule has 2 aromatic rings. The van der Waals surface area contributed by atoms with Crippen LogP contribution in [0.3, 0.4) is 0 Å². The molecular formula is C15H15ClFN3O. The van der Waals surface area contributed by atoms with Gasteiger partial charge in [-0.3, -0.25) is 0 Å². The number of hydrogen-bond acceptors (Lipinski definition) is 4. The van der Waals surface area contributed by atoms with E-state index >= 15 is 0 Å². The van der Waals surface area contributed by atoms with Gasteiger partial charge in [-0.15, -0.1) is 0 Å². The van der Waals surface area contributed by atoms with Crippen LogP contribution in [0.1, 0.15) is 12.8 Å². The van der Waals surface area contributed by atoms with E-state index in [9.17, 15) is 4.39 Å². The fraction of sp³-hybridized carbons (Fsp3) is 0.267. The molecule has 1 fully saturated rings. The molecule has 3 N–H and O–H groups in total. The van der Waals surface area contributed by atoms with Crippen LogP contribution in [0.2, 0.25) is 5.02 Å². The summed E-state index contributed by atoms with van der Waals surface area (Å²) in [6.07, 6.45) is 2.39. The summed E-state index contributed by atoms with van der Waals surface area (Å²) < 4.78 is 19.0. The molecule has 1 aliphatic carbocycles. The van der Waals surface area contributed by atoms with E-state index in [1.807, 2.05) is 0 Å². The minimum absolute atomic E-state index is 0.0827. The molecule has 1 aromatic heterocycles. The molecule has 0 bridgehead atoms. The molecule has 0 atom stereocenters. The Bertz CT molecular complexity index is 661. The van der Waals surface area contributed by atoms with E-state index in [-0.39, 0.29) is 5.02 Å². The van der Waals surface area contributed by atoms with Crippen molar-refractivity contribution in [1.29, 1.82) is 0 Å². The van der Waals surface area contributed by atoms with Crippen LogP contribution in [0.15, 0.2) is 30.3 Å². The number of benzene rings is 1. The number of aromatic nitrogens is 1. The predicted molar refractivity (Wildman–Crippen MR) is 81.6 cm³/mol. The third-order valence-electron chi connectivity index (χ3n) is 3.23. The predicted octanol–water partition coefficient (Wildman–Crippen LogP) is 3.99. The molecule has 21 heavy (non-hydrogen) atoms. The fourth-order valence-electron chi connectivity index (χ4n) is 1.84. The van der Waals surface area contributed by atoms with Crippen LogP contribution in [-0.4, -0.2) is 11.6 Å². The average molecular weight is 308 g/mol. The van der Waals surface area contributed by atoms with Crippen molar-refractivity contribution in [2.24, 2.45) is 5.92 Å². The maximum Gasteiger partial charge on any atom is 0.239 e. The van der Waals surface area contributed by atoms with Crippen molar-refractivity contribution in [1.82, 2.24) is 4.98 Å². The molecule has 6 heteroatoms. The Morgan fingerprint density at radius 1 is 1.33 bits per heavy atom. The Morgan fingerprint density at radius 2 is 2.14 bits per heavy atom. The summed E-state index contributed by atoms with van der Waals surface area (Å²) in [7, 11) is 0. The van der Waals surface area contributed by atoms with Gasteiger partial charge in [0.25, 0.3) is 0 Å². The highest BCUT2D eigenvalue weighted by atomic mass is 35.5. The lowest BCUT2D eigenvalue weighted by Crippen LogP contribution is -2.05. The second-order valence-corrected chi connectivity index (χ2v) is 5.51. The van der Waals surface area contributed by atoms with Crippen LogP contribution in [0, 0.1) is 11.7 Å². The van der Waals surface area contributed by atoms with Crippen molar-refractivity contribution in [3.63, 3.8) is 0 Å². The summed E-state index contributed by atoms with van der Waals surface area (Å²) in [6, 6.07) is 7.90. The highest BCUT2D eigenvalue weighted by Crippen LogP contribution is 2.31. The maximum absolute atomic E-state index is 13.4. The minimum atomic E-state index is -0.484. The summed E-state index contributed by atoms with van der Waals surface area (Å²) >= 11 is 5.65. The Labute approximate surface area is 127 Å². The van der Waals surface area contributed by atoms with Gasteiger partial charge in [0.2, 0.25) is 5.88 Å². The Kier molecular flexibility index (Phi) is 3.84. The second-order valence-electron chi connectivity index (χ2n) is 5.10. The Hall–Kier alpha value is -2.01. The smallest absolute Gasteiger partial charge is 0.239 e. The minimum Gasteiger partial charge on any atom is -0.476 e. The van der Waals surface area contributed by atoms with Gasteiger partial charge in [-0.05, 0) is 49.1 Å². The van der Waals surface area contributed by atoms with E-state index in [0.717, 1.165) is 0 Å². The Balaban J connectivity index is 1.74. The van der Waals surface area contributed by atoms with Gasteiger partial charge in [-0.1, -0.05) is 11.6 Å². The first kappa shape index (κ1) is 13.9. The summed E-state index contributed by atoms with van der Waals surface area (Å²) in [5.41, 5.74) is 6.89. The van der Waals surface area contributed by atoms with Crippen LogP contribution >= 0.6 is 11.6 Å². The van der Waals surface area contributed by atoms with Gasteiger partial charge in [0, 0.05) is 5.69 Å². The van der Waals surface area contributed by atoms with Crippen molar-refractivity contribution in [2.75, 3.05) is 17.7 Å². The number of anilines is 3. The Morgan fingerprint density at radius 3 is 2.86 bits per heavy atom. The van der Waals surface area contributed by atoms with E-state index in [1.54, 1.807) is 18.2 Å². The van der Waals surface area contributed by atoms with Crippen LogP contribution in [0.4, 0.5) is 21.6 Å². The monoisotopic (exact) mass is 307 g/mol. The lowest BCUT2D eigenvalue weighted by Gasteiger charge is -2.11. The molecule has 1 aromatic carbocycles. The number of pyridine rings is 1. The van der Waals surface area contributed by atoms with Crippen LogP contribution < -0.4 is 15.8 Å². The summed E-state index contributed by atoms with van der Waals surface area (Å²) in [5.74, 6) is 1.08. The van der Waals surface area contributed by atoms with Gasteiger partial charge in [-0.25, -0.2) is 4.39 Å². The average Bonchev–Trinajstić information content (AvgIpc) is 3.28. The number of hydrogen-bond donors (Lipinski definition) is 2. The quantitative estimate of drug-likeness (QED) is 0.877. The molecule has 1 aliphatic rings. The molecule has 0 aliphatic heterocycles. The van der Waals surface area contributed by atoms with E-state index in [4.69, 9.17) is 22.1 Å². The molecule has 1 saturated carbocycles. The molecule has 0 spiro atoms. The van der Waals surface area contributed by atoms with E-state index < -0.39 is 5.82 Å². The highest BCUT2D eigenvalue weighted by Gasteiger charge is 2.22. The van der Waals surface area contributed by atoms with E-state index in [0.29, 0.717) is 35.6 Å². The van der Waals surface area contributed by atoms with E-state index in [2.05, 4.69) is 10.3 Å². The van der Waals surface area contributed by atoms with Crippen molar-refractivity contribution in [3.8, 4) is 5.88 Å².